The number of aromatic nitrogens is 1. The van der Waals surface area contributed by atoms with Gasteiger partial charge in [-0.05, 0) is 65.2 Å². The van der Waals surface area contributed by atoms with E-state index < -0.39 is 0 Å². The van der Waals surface area contributed by atoms with E-state index in [-0.39, 0.29) is 30.2 Å². The van der Waals surface area contributed by atoms with E-state index in [1.165, 1.54) is 0 Å². The van der Waals surface area contributed by atoms with Gasteiger partial charge in [-0.1, -0.05) is 0 Å². The van der Waals surface area contributed by atoms with Crippen molar-refractivity contribution in [2.45, 2.75) is 12.8 Å². The molecule has 0 radical (unpaired) electrons. The van der Waals surface area contributed by atoms with E-state index in [4.69, 9.17) is 4.74 Å². The number of amides is 3. The van der Waals surface area contributed by atoms with Crippen LogP contribution in [-0.2, 0) is 9.59 Å². The van der Waals surface area contributed by atoms with Gasteiger partial charge >= 0.3 is 0 Å². The molecular weight excluding hydrogens is 452 g/mol. The van der Waals surface area contributed by atoms with Crippen LogP contribution in [0.3, 0.4) is 0 Å². The third-order valence-electron chi connectivity index (χ3n) is 4.88. The van der Waals surface area contributed by atoms with Crippen LogP contribution in [0.5, 0.6) is 5.75 Å². The van der Waals surface area contributed by atoms with Crippen molar-refractivity contribution >= 4 is 39.5 Å². The minimum atomic E-state index is -0.335. The first kappa shape index (κ1) is 21.8. The van der Waals surface area contributed by atoms with Crippen molar-refractivity contribution in [3.63, 3.8) is 0 Å². The van der Waals surface area contributed by atoms with Gasteiger partial charge in [0.25, 0.3) is 5.91 Å². The van der Waals surface area contributed by atoms with Crippen molar-refractivity contribution in [1.29, 1.82) is 0 Å². The van der Waals surface area contributed by atoms with Crippen LogP contribution >= 0.6 is 15.9 Å². The topological polar surface area (TPSA) is 101 Å². The summed E-state index contributed by atoms with van der Waals surface area (Å²) < 4.78 is 5.89. The van der Waals surface area contributed by atoms with Gasteiger partial charge in [0.15, 0.2) is 0 Å². The molecule has 2 N–H and O–H groups in total. The highest BCUT2D eigenvalue weighted by Gasteiger charge is 2.28. The Morgan fingerprint density at radius 3 is 2.63 bits per heavy atom. The number of nitrogens with one attached hydrogen (secondary N) is 2. The minimum absolute atomic E-state index is 0.118. The molecule has 1 fully saturated rings. The van der Waals surface area contributed by atoms with Crippen LogP contribution in [0.15, 0.2) is 47.1 Å². The average molecular weight is 475 g/mol. The van der Waals surface area contributed by atoms with Gasteiger partial charge in [-0.3, -0.25) is 14.4 Å². The fraction of sp³-hybridized carbons (Fsp3) is 0.333. The highest BCUT2D eigenvalue weighted by atomic mass is 79.9. The molecule has 1 aromatic carbocycles. The van der Waals surface area contributed by atoms with Crippen LogP contribution < -0.4 is 15.4 Å². The number of pyridine rings is 1. The molecular formula is C21H23BrN4O4. The maximum absolute atomic E-state index is 12.5. The van der Waals surface area contributed by atoms with E-state index in [0.717, 1.165) is 10.9 Å². The van der Waals surface area contributed by atoms with E-state index in [1.807, 2.05) is 0 Å². The van der Waals surface area contributed by atoms with Gasteiger partial charge in [0.1, 0.15) is 11.6 Å². The molecule has 1 saturated heterocycles. The van der Waals surface area contributed by atoms with Gasteiger partial charge in [0.05, 0.1) is 19.6 Å². The summed E-state index contributed by atoms with van der Waals surface area (Å²) in [6, 6.07) is 10.1. The van der Waals surface area contributed by atoms with Crippen LogP contribution in [0, 0.1) is 5.92 Å². The Balaban J connectivity index is 1.50. The SMILES string of the molecule is COc1ccc(C(=O)NCC(=O)N2CCCC(C(=O)Nc3ccc(Br)cn3)C2)cc1. The number of ether oxygens (including phenoxy) is 1. The smallest absolute Gasteiger partial charge is 0.251 e. The zero-order chi connectivity index (χ0) is 21.5. The first-order valence-corrected chi connectivity index (χ1v) is 10.4. The van der Waals surface area contributed by atoms with Crippen LogP contribution in [0.1, 0.15) is 23.2 Å². The van der Waals surface area contributed by atoms with Crippen LogP contribution in [0.25, 0.3) is 0 Å². The van der Waals surface area contributed by atoms with Gasteiger partial charge in [-0.2, -0.15) is 0 Å². The molecule has 30 heavy (non-hydrogen) atoms. The zero-order valence-corrected chi connectivity index (χ0v) is 18.1. The molecule has 3 rings (SSSR count). The molecule has 2 aromatic rings. The number of carbonyl (C=O) groups is 3. The van der Waals surface area contributed by atoms with Crippen LogP contribution in [0.2, 0.25) is 0 Å². The number of methoxy groups -OCH3 is 1. The van der Waals surface area contributed by atoms with Crippen molar-refractivity contribution in [2.75, 3.05) is 32.1 Å². The second-order valence-electron chi connectivity index (χ2n) is 6.94. The number of halogens is 1. The van der Waals surface area contributed by atoms with E-state index >= 15 is 0 Å². The molecule has 1 aliphatic heterocycles. The fourth-order valence-corrected chi connectivity index (χ4v) is 3.44. The summed E-state index contributed by atoms with van der Waals surface area (Å²) in [5.74, 6) is 0.0989. The predicted molar refractivity (Wildman–Crippen MR) is 115 cm³/mol. The zero-order valence-electron chi connectivity index (χ0n) is 16.6. The Bertz CT molecular complexity index is 902. The van der Waals surface area contributed by atoms with Crippen molar-refractivity contribution in [3.05, 3.63) is 52.6 Å². The third kappa shape index (κ3) is 5.79. The predicted octanol–water partition coefficient (Wildman–Crippen LogP) is 2.46. The standard InChI is InChI=1S/C21H23BrN4O4/c1-30-17-7-4-14(5-8-17)20(28)24-12-19(27)26-10-2-3-15(13-26)21(29)25-18-9-6-16(22)11-23-18/h4-9,11,15H,2-3,10,12-13H2,1H3,(H,24,28)(H,23,25,29). The van der Waals surface area contributed by atoms with E-state index in [0.29, 0.717) is 36.6 Å². The van der Waals surface area contributed by atoms with Crippen molar-refractivity contribution in [1.82, 2.24) is 15.2 Å². The monoisotopic (exact) mass is 474 g/mol. The Morgan fingerprint density at radius 2 is 1.97 bits per heavy atom. The fourth-order valence-electron chi connectivity index (χ4n) is 3.21. The summed E-state index contributed by atoms with van der Waals surface area (Å²) in [6.07, 6.45) is 3.03. The Hall–Kier alpha value is -2.94. The second kappa shape index (κ2) is 10.2. The maximum atomic E-state index is 12.5. The number of rotatable bonds is 6. The largest absolute Gasteiger partial charge is 0.497 e. The lowest BCUT2D eigenvalue weighted by Crippen LogP contribution is -2.47. The normalized spacial score (nSPS) is 15.9. The molecule has 1 aliphatic rings. The average Bonchev–Trinajstić information content (AvgIpc) is 2.78. The summed E-state index contributed by atoms with van der Waals surface area (Å²) in [5, 5.41) is 5.43. The van der Waals surface area contributed by atoms with Gasteiger partial charge < -0.3 is 20.3 Å². The summed E-state index contributed by atoms with van der Waals surface area (Å²) in [6.45, 7) is 0.768. The first-order chi connectivity index (χ1) is 14.5. The lowest BCUT2D eigenvalue weighted by atomic mass is 9.97. The molecule has 3 amide bonds. The molecule has 2 heterocycles. The number of carbonyl (C=O) groups excluding carboxylic acids is 3. The number of benzene rings is 1. The molecule has 1 atom stereocenters. The molecule has 1 aromatic heterocycles. The molecule has 8 nitrogen and oxygen atoms in total. The lowest BCUT2D eigenvalue weighted by Gasteiger charge is -2.32. The van der Waals surface area contributed by atoms with Gasteiger partial charge in [-0.15, -0.1) is 0 Å². The summed E-state index contributed by atoms with van der Waals surface area (Å²) in [5.41, 5.74) is 0.446. The van der Waals surface area contributed by atoms with Gasteiger partial charge in [0.2, 0.25) is 11.8 Å². The Labute approximate surface area is 183 Å². The molecule has 1 unspecified atom stereocenters. The van der Waals surface area contributed by atoms with Crippen molar-refractivity contribution in [2.24, 2.45) is 5.92 Å². The summed E-state index contributed by atoms with van der Waals surface area (Å²) in [7, 11) is 1.55. The van der Waals surface area contributed by atoms with Crippen molar-refractivity contribution in [3.8, 4) is 5.75 Å². The second-order valence-corrected chi connectivity index (χ2v) is 7.86. The van der Waals surface area contributed by atoms with Crippen LogP contribution in [-0.4, -0.2) is 54.3 Å². The van der Waals surface area contributed by atoms with E-state index in [1.54, 1.807) is 54.6 Å². The number of hydrogen-bond donors (Lipinski definition) is 2. The molecule has 0 spiro atoms. The summed E-state index contributed by atoms with van der Waals surface area (Å²) >= 11 is 3.30. The number of nitrogens with zero attached hydrogens (tertiary/aromatic N) is 2. The lowest BCUT2D eigenvalue weighted by molar-refractivity contribution is -0.133. The van der Waals surface area contributed by atoms with E-state index in [2.05, 4.69) is 31.5 Å². The Kier molecular flexibility index (Phi) is 7.40. The summed E-state index contributed by atoms with van der Waals surface area (Å²) in [4.78, 5) is 43.1. The number of anilines is 1. The maximum Gasteiger partial charge on any atom is 0.251 e. The molecule has 0 bridgehead atoms. The first-order valence-electron chi connectivity index (χ1n) is 9.58. The highest BCUT2D eigenvalue weighted by Crippen LogP contribution is 2.19. The van der Waals surface area contributed by atoms with Gasteiger partial charge in [0, 0.05) is 29.3 Å². The number of likely N-dealkylation sites (tertiary alicyclic amines) is 1. The third-order valence-corrected chi connectivity index (χ3v) is 5.35. The van der Waals surface area contributed by atoms with Crippen molar-refractivity contribution < 1.29 is 19.1 Å². The minimum Gasteiger partial charge on any atom is -0.497 e. The number of hydrogen-bond acceptors (Lipinski definition) is 5. The number of piperidine rings is 1. The molecule has 0 saturated carbocycles. The molecule has 158 valence electrons. The Morgan fingerprint density at radius 1 is 1.20 bits per heavy atom. The molecule has 0 aliphatic carbocycles. The highest BCUT2D eigenvalue weighted by molar-refractivity contribution is 9.10. The molecule has 9 heteroatoms. The van der Waals surface area contributed by atoms with Gasteiger partial charge in [-0.25, -0.2) is 4.98 Å². The van der Waals surface area contributed by atoms with E-state index in [9.17, 15) is 14.4 Å². The van der Waals surface area contributed by atoms with Crippen LogP contribution in [0.4, 0.5) is 5.82 Å². The quantitative estimate of drug-likeness (QED) is 0.669.